The SMILES string of the molecule is O=C1CCc2cc(OCCOCCS)ccc2N1. The minimum atomic E-state index is 0.0799. The third-order valence-corrected chi connectivity index (χ3v) is 2.89. The molecule has 1 aromatic carbocycles. The first-order valence-electron chi connectivity index (χ1n) is 6.04. The van der Waals surface area contributed by atoms with Gasteiger partial charge in [-0.2, -0.15) is 12.6 Å². The number of fused-ring (bicyclic) bond motifs is 1. The van der Waals surface area contributed by atoms with Gasteiger partial charge in [-0.3, -0.25) is 4.79 Å². The normalized spacial score (nSPS) is 13.9. The third kappa shape index (κ3) is 3.65. The quantitative estimate of drug-likeness (QED) is 0.611. The van der Waals surface area contributed by atoms with Gasteiger partial charge in [-0.1, -0.05) is 0 Å². The summed E-state index contributed by atoms with van der Waals surface area (Å²) in [6.07, 6.45) is 1.32. The molecule has 2 rings (SSSR count). The van der Waals surface area contributed by atoms with E-state index in [1.54, 1.807) is 0 Å². The molecule has 0 unspecified atom stereocenters. The van der Waals surface area contributed by atoms with Gasteiger partial charge in [-0.05, 0) is 30.2 Å². The van der Waals surface area contributed by atoms with Crippen molar-refractivity contribution < 1.29 is 14.3 Å². The van der Waals surface area contributed by atoms with E-state index >= 15 is 0 Å². The van der Waals surface area contributed by atoms with Crippen molar-refractivity contribution in [2.75, 3.05) is 30.9 Å². The molecule has 98 valence electrons. The molecule has 1 amide bonds. The number of hydrogen-bond donors (Lipinski definition) is 2. The number of aryl methyl sites for hydroxylation is 1. The van der Waals surface area contributed by atoms with Crippen LogP contribution in [0.25, 0.3) is 0 Å². The van der Waals surface area contributed by atoms with Crippen LogP contribution in [-0.2, 0) is 16.0 Å². The highest BCUT2D eigenvalue weighted by Gasteiger charge is 2.14. The molecule has 4 nitrogen and oxygen atoms in total. The number of rotatable bonds is 6. The fraction of sp³-hybridized carbons (Fsp3) is 0.462. The fourth-order valence-electron chi connectivity index (χ4n) is 1.83. The van der Waals surface area contributed by atoms with Crippen LogP contribution in [0, 0.1) is 0 Å². The Morgan fingerprint density at radius 1 is 1.22 bits per heavy atom. The van der Waals surface area contributed by atoms with Crippen molar-refractivity contribution in [3.63, 3.8) is 0 Å². The van der Waals surface area contributed by atoms with E-state index in [2.05, 4.69) is 17.9 Å². The van der Waals surface area contributed by atoms with E-state index in [1.165, 1.54) is 0 Å². The molecule has 0 aromatic heterocycles. The van der Waals surface area contributed by atoms with Crippen molar-refractivity contribution in [3.8, 4) is 5.75 Å². The van der Waals surface area contributed by atoms with Crippen LogP contribution in [0.3, 0.4) is 0 Å². The summed E-state index contributed by atoms with van der Waals surface area (Å²) in [5.41, 5.74) is 2.02. The maximum atomic E-state index is 11.2. The number of nitrogens with one attached hydrogen (secondary N) is 1. The molecule has 0 saturated carbocycles. The Kier molecular flexibility index (Phi) is 4.90. The molecule has 0 atom stereocenters. The molecule has 0 radical (unpaired) electrons. The van der Waals surface area contributed by atoms with Gasteiger partial charge in [0.1, 0.15) is 12.4 Å². The predicted molar refractivity (Wildman–Crippen MR) is 73.6 cm³/mol. The number of thiol groups is 1. The zero-order chi connectivity index (χ0) is 12.8. The first kappa shape index (κ1) is 13.2. The van der Waals surface area contributed by atoms with E-state index in [9.17, 15) is 4.79 Å². The van der Waals surface area contributed by atoms with Crippen LogP contribution in [0.1, 0.15) is 12.0 Å². The zero-order valence-corrected chi connectivity index (χ0v) is 11.0. The topological polar surface area (TPSA) is 47.6 Å². The number of ether oxygens (including phenoxy) is 2. The minimum absolute atomic E-state index is 0.0799. The summed E-state index contributed by atoms with van der Waals surface area (Å²) in [5, 5.41) is 2.84. The number of carbonyl (C=O) groups is 1. The van der Waals surface area contributed by atoms with Gasteiger partial charge in [0.25, 0.3) is 0 Å². The van der Waals surface area contributed by atoms with E-state index in [1.807, 2.05) is 18.2 Å². The zero-order valence-electron chi connectivity index (χ0n) is 10.1. The van der Waals surface area contributed by atoms with Crippen molar-refractivity contribution >= 4 is 24.2 Å². The lowest BCUT2D eigenvalue weighted by molar-refractivity contribution is -0.116. The highest BCUT2D eigenvalue weighted by Crippen LogP contribution is 2.26. The van der Waals surface area contributed by atoms with Crippen molar-refractivity contribution in [1.82, 2.24) is 0 Å². The van der Waals surface area contributed by atoms with Gasteiger partial charge in [0.2, 0.25) is 5.91 Å². The smallest absolute Gasteiger partial charge is 0.224 e. The average molecular weight is 267 g/mol. The number of amides is 1. The van der Waals surface area contributed by atoms with Crippen LogP contribution in [0.2, 0.25) is 0 Å². The standard InChI is InChI=1S/C13H17NO3S/c15-13-4-1-10-9-11(2-3-12(10)14-13)17-6-5-16-7-8-18/h2-3,9,18H,1,4-8H2,(H,14,15). The summed E-state index contributed by atoms with van der Waals surface area (Å²) >= 11 is 4.05. The van der Waals surface area contributed by atoms with Crippen molar-refractivity contribution in [1.29, 1.82) is 0 Å². The largest absolute Gasteiger partial charge is 0.491 e. The Hall–Kier alpha value is -1.20. The van der Waals surface area contributed by atoms with Crippen LogP contribution in [0.4, 0.5) is 5.69 Å². The molecule has 1 aliphatic rings. The van der Waals surface area contributed by atoms with Gasteiger partial charge in [-0.25, -0.2) is 0 Å². The second-order valence-electron chi connectivity index (χ2n) is 4.05. The second-order valence-corrected chi connectivity index (χ2v) is 4.50. The molecule has 1 aliphatic heterocycles. The lowest BCUT2D eigenvalue weighted by Crippen LogP contribution is -2.18. The van der Waals surface area contributed by atoms with Crippen LogP contribution in [0.15, 0.2) is 18.2 Å². The molecule has 0 bridgehead atoms. The van der Waals surface area contributed by atoms with Crippen molar-refractivity contribution in [3.05, 3.63) is 23.8 Å². The molecule has 1 aromatic rings. The van der Waals surface area contributed by atoms with Gasteiger partial charge in [0.05, 0.1) is 13.2 Å². The lowest BCUT2D eigenvalue weighted by atomic mass is 10.0. The van der Waals surface area contributed by atoms with E-state index in [-0.39, 0.29) is 5.91 Å². The highest BCUT2D eigenvalue weighted by molar-refractivity contribution is 7.80. The molecule has 1 heterocycles. The molecule has 0 spiro atoms. The summed E-state index contributed by atoms with van der Waals surface area (Å²) in [4.78, 5) is 11.2. The monoisotopic (exact) mass is 267 g/mol. The molecule has 18 heavy (non-hydrogen) atoms. The van der Waals surface area contributed by atoms with E-state index in [4.69, 9.17) is 9.47 Å². The molecular weight excluding hydrogens is 250 g/mol. The van der Waals surface area contributed by atoms with Crippen LogP contribution >= 0.6 is 12.6 Å². The number of benzene rings is 1. The maximum absolute atomic E-state index is 11.2. The number of anilines is 1. The first-order valence-corrected chi connectivity index (χ1v) is 6.67. The maximum Gasteiger partial charge on any atom is 0.224 e. The number of hydrogen-bond acceptors (Lipinski definition) is 4. The highest BCUT2D eigenvalue weighted by atomic mass is 32.1. The van der Waals surface area contributed by atoms with Crippen molar-refractivity contribution in [2.24, 2.45) is 0 Å². The summed E-state index contributed by atoms with van der Waals surface area (Å²) < 4.78 is 10.9. The van der Waals surface area contributed by atoms with Gasteiger partial charge >= 0.3 is 0 Å². The summed E-state index contributed by atoms with van der Waals surface area (Å²) in [5.74, 6) is 1.62. The summed E-state index contributed by atoms with van der Waals surface area (Å²) in [6, 6.07) is 5.73. The van der Waals surface area contributed by atoms with E-state index < -0.39 is 0 Å². The fourth-order valence-corrected chi connectivity index (χ4v) is 1.96. The Morgan fingerprint density at radius 2 is 2.11 bits per heavy atom. The Bertz CT molecular complexity index is 423. The first-order chi connectivity index (χ1) is 8.79. The van der Waals surface area contributed by atoms with Gasteiger partial charge in [0.15, 0.2) is 0 Å². The molecule has 5 heteroatoms. The van der Waals surface area contributed by atoms with Crippen molar-refractivity contribution in [2.45, 2.75) is 12.8 Å². The Balaban J connectivity index is 1.85. The molecule has 0 saturated heterocycles. The van der Waals surface area contributed by atoms with Crippen LogP contribution < -0.4 is 10.1 Å². The molecule has 0 aliphatic carbocycles. The minimum Gasteiger partial charge on any atom is -0.491 e. The Labute approximate surface area is 112 Å². The van der Waals surface area contributed by atoms with Crippen LogP contribution in [0.5, 0.6) is 5.75 Å². The summed E-state index contributed by atoms with van der Waals surface area (Å²) in [6.45, 7) is 1.73. The van der Waals surface area contributed by atoms with Crippen LogP contribution in [-0.4, -0.2) is 31.5 Å². The predicted octanol–water partition coefficient (Wildman–Crippen LogP) is 1.90. The van der Waals surface area contributed by atoms with Gasteiger partial charge in [0, 0.05) is 17.9 Å². The van der Waals surface area contributed by atoms with Gasteiger partial charge in [-0.15, -0.1) is 0 Å². The van der Waals surface area contributed by atoms with E-state index in [0.717, 1.165) is 29.2 Å². The third-order valence-electron chi connectivity index (χ3n) is 2.70. The van der Waals surface area contributed by atoms with Gasteiger partial charge < -0.3 is 14.8 Å². The second kappa shape index (κ2) is 6.66. The lowest BCUT2D eigenvalue weighted by Gasteiger charge is -2.17. The summed E-state index contributed by atoms with van der Waals surface area (Å²) in [7, 11) is 0. The number of carbonyl (C=O) groups excluding carboxylic acids is 1. The van der Waals surface area contributed by atoms with E-state index in [0.29, 0.717) is 26.2 Å². The molecule has 1 N–H and O–H groups in total. The molecule has 0 fully saturated rings. The Morgan fingerprint density at radius 3 is 2.94 bits per heavy atom. The molecular formula is C13H17NO3S. The average Bonchev–Trinajstić information content (AvgIpc) is 2.38.